The predicted octanol–water partition coefficient (Wildman–Crippen LogP) is 2.93. The van der Waals surface area contributed by atoms with Crippen LogP contribution in [0.1, 0.15) is 31.4 Å². The number of methoxy groups -OCH3 is 1. The van der Waals surface area contributed by atoms with E-state index in [1.165, 1.54) is 12.8 Å². The Morgan fingerprint density at radius 1 is 1.35 bits per heavy atom. The van der Waals surface area contributed by atoms with E-state index < -0.39 is 0 Å². The molecular formula is C13H20ClNO2. The molecule has 0 saturated heterocycles. The van der Waals surface area contributed by atoms with Gasteiger partial charge < -0.3 is 15.2 Å². The molecule has 0 unspecified atom stereocenters. The number of nitrogens with two attached hydrogens (primary N) is 1. The van der Waals surface area contributed by atoms with Gasteiger partial charge in [-0.25, -0.2) is 0 Å². The third kappa shape index (κ3) is 3.27. The molecular weight excluding hydrogens is 238 g/mol. The minimum Gasteiger partial charge on any atom is -0.493 e. The Bertz CT molecular complexity index is 366. The Morgan fingerprint density at radius 3 is 2.59 bits per heavy atom. The molecule has 1 fully saturated rings. The first kappa shape index (κ1) is 14.1. The van der Waals surface area contributed by atoms with Gasteiger partial charge in [-0.15, -0.1) is 12.4 Å². The maximum Gasteiger partial charge on any atom is 0.161 e. The van der Waals surface area contributed by atoms with Crippen LogP contribution in [0.25, 0.3) is 0 Å². The molecule has 1 aliphatic rings. The highest BCUT2D eigenvalue weighted by Gasteiger charge is 2.29. The van der Waals surface area contributed by atoms with Gasteiger partial charge in [0.25, 0.3) is 0 Å². The molecule has 1 aliphatic carbocycles. The van der Waals surface area contributed by atoms with Crippen molar-refractivity contribution in [2.75, 3.05) is 13.7 Å². The fourth-order valence-corrected chi connectivity index (χ4v) is 1.89. The van der Waals surface area contributed by atoms with Crippen molar-refractivity contribution in [2.24, 2.45) is 11.7 Å². The van der Waals surface area contributed by atoms with Crippen LogP contribution in [0.3, 0.4) is 0 Å². The number of ether oxygens (including phenoxy) is 2. The first-order chi connectivity index (χ1) is 7.76. The van der Waals surface area contributed by atoms with E-state index in [2.05, 4.69) is 0 Å². The van der Waals surface area contributed by atoms with Crippen LogP contribution in [0.4, 0.5) is 0 Å². The molecule has 4 heteroatoms. The maximum absolute atomic E-state index is 6.15. The van der Waals surface area contributed by atoms with Crippen LogP contribution in [0.2, 0.25) is 0 Å². The van der Waals surface area contributed by atoms with Gasteiger partial charge >= 0.3 is 0 Å². The Labute approximate surface area is 109 Å². The second kappa shape index (κ2) is 6.12. The number of benzene rings is 1. The normalized spacial score (nSPS) is 15.9. The van der Waals surface area contributed by atoms with Gasteiger partial charge in [0.1, 0.15) is 0 Å². The second-order valence-electron chi connectivity index (χ2n) is 4.21. The maximum atomic E-state index is 6.15. The van der Waals surface area contributed by atoms with Crippen molar-refractivity contribution in [3.8, 4) is 11.5 Å². The lowest BCUT2D eigenvalue weighted by atomic mass is 10.0. The minimum absolute atomic E-state index is 0. The summed E-state index contributed by atoms with van der Waals surface area (Å²) in [6, 6.07) is 6.12. The predicted molar refractivity (Wildman–Crippen MR) is 71.1 cm³/mol. The van der Waals surface area contributed by atoms with Crippen molar-refractivity contribution in [3.05, 3.63) is 23.8 Å². The van der Waals surface area contributed by atoms with Gasteiger partial charge in [0.2, 0.25) is 0 Å². The van der Waals surface area contributed by atoms with Crippen molar-refractivity contribution in [1.82, 2.24) is 0 Å². The van der Waals surface area contributed by atoms with Crippen molar-refractivity contribution in [2.45, 2.75) is 25.8 Å². The number of halogens is 1. The third-order valence-electron chi connectivity index (χ3n) is 3.00. The Hall–Kier alpha value is -0.930. The molecule has 2 rings (SSSR count). The highest BCUT2D eigenvalue weighted by molar-refractivity contribution is 5.85. The molecule has 3 nitrogen and oxygen atoms in total. The van der Waals surface area contributed by atoms with Gasteiger partial charge in [0, 0.05) is 6.04 Å². The van der Waals surface area contributed by atoms with Gasteiger partial charge in [0.05, 0.1) is 13.7 Å². The quantitative estimate of drug-likeness (QED) is 0.882. The molecule has 1 aromatic rings. The van der Waals surface area contributed by atoms with Crippen molar-refractivity contribution in [3.63, 3.8) is 0 Å². The zero-order valence-electron chi connectivity index (χ0n) is 10.3. The smallest absolute Gasteiger partial charge is 0.161 e. The largest absolute Gasteiger partial charge is 0.493 e. The zero-order valence-corrected chi connectivity index (χ0v) is 11.1. The Balaban J connectivity index is 0.00000144. The molecule has 0 aromatic heterocycles. The van der Waals surface area contributed by atoms with Crippen molar-refractivity contribution < 1.29 is 9.47 Å². The fraction of sp³-hybridized carbons (Fsp3) is 0.538. The number of rotatable bonds is 5. The number of hydrogen-bond donors (Lipinski definition) is 1. The van der Waals surface area contributed by atoms with Crippen molar-refractivity contribution in [1.29, 1.82) is 0 Å². The summed E-state index contributed by atoms with van der Waals surface area (Å²) >= 11 is 0. The molecule has 17 heavy (non-hydrogen) atoms. The summed E-state index contributed by atoms with van der Waals surface area (Å²) in [4.78, 5) is 0. The van der Waals surface area contributed by atoms with E-state index in [1.54, 1.807) is 7.11 Å². The molecule has 0 heterocycles. The molecule has 1 saturated carbocycles. The van der Waals surface area contributed by atoms with E-state index in [4.69, 9.17) is 15.2 Å². The summed E-state index contributed by atoms with van der Waals surface area (Å²) in [5.41, 5.74) is 7.29. The lowest BCUT2D eigenvalue weighted by molar-refractivity contribution is 0.310. The highest BCUT2D eigenvalue weighted by Crippen LogP contribution is 2.41. The first-order valence-corrected chi connectivity index (χ1v) is 5.82. The average Bonchev–Trinajstić information content (AvgIpc) is 3.13. The zero-order chi connectivity index (χ0) is 11.5. The molecule has 96 valence electrons. The summed E-state index contributed by atoms with van der Waals surface area (Å²) in [6.45, 7) is 2.60. The molecule has 0 spiro atoms. The lowest BCUT2D eigenvalue weighted by Gasteiger charge is -2.14. The van der Waals surface area contributed by atoms with E-state index in [0.717, 1.165) is 17.1 Å². The summed E-state index contributed by atoms with van der Waals surface area (Å²) in [7, 11) is 1.66. The lowest BCUT2D eigenvalue weighted by Crippen LogP contribution is -2.12. The molecule has 0 bridgehead atoms. The molecule has 1 aromatic carbocycles. The monoisotopic (exact) mass is 257 g/mol. The summed E-state index contributed by atoms with van der Waals surface area (Å²) in [5.74, 6) is 2.22. The number of hydrogen-bond acceptors (Lipinski definition) is 3. The van der Waals surface area contributed by atoms with E-state index in [0.29, 0.717) is 12.5 Å². The first-order valence-electron chi connectivity index (χ1n) is 5.82. The molecule has 1 atom stereocenters. The van der Waals surface area contributed by atoms with Gasteiger partial charge in [-0.05, 0) is 43.4 Å². The highest BCUT2D eigenvalue weighted by atomic mass is 35.5. The van der Waals surface area contributed by atoms with Crippen molar-refractivity contribution >= 4 is 12.4 Å². The Morgan fingerprint density at radius 2 is 2.06 bits per heavy atom. The average molecular weight is 258 g/mol. The minimum atomic E-state index is 0. The van der Waals surface area contributed by atoms with Gasteiger partial charge in [-0.3, -0.25) is 0 Å². The van der Waals surface area contributed by atoms with Crippen LogP contribution >= 0.6 is 12.4 Å². The Kier molecular flexibility index (Phi) is 5.09. The standard InChI is InChI=1S/C13H19NO2.ClH/c1-3-16-11-7-6-10(8-12(11)15-2)13(14)9-4-5-9;/h6-9,13H,3-5,14H2,1-2H3;1H/t13-;/m0./s1. The second-order valence-corrected chi connectivity index (χ2v) is 4.21. The van der Waals surface area contributed by atoms with E-state index in [1.807, 2.05) is 25.1 Å². The van der Waals surface area contributed by atoms with E-state index in [9.17, 15) is 0 Å². The van der Waals surface area contributed by atoms with Crippen LogP contribution < -0.4 is 15.2 Å². The summed E-state index contributed by atoms with van der Waals surface area (Å²) < 4.78 is 10.8. The molecule has 0 radical (unpaired) electrons. The fourth-order valence-electron chi connectivity index (χ4n) is 1.89. The van der Waals surface area contributed by atoms with Gasteiger partial charge in [-0.2, -0.15) is 0 Å². The third-order valence-corrected chi connectivity index (χ3v) is 3.00. The van der Waals surface area contributed by atoms with E-state index in [-0.39, 0.29) is 18.4 Å². The molecule has 0 aliphatic heterocycles. The van der Waals surface area contributed by atoms with Crippen LogP contribution in [0, 0.1) is 5.92 Å². The van der Waals surface area contributed by atoms with Crippen LogP contribution in [0.5, 0.6) is 11.5 Å². The summed E-state index contributed by atoms with van der Waals surface area (Å²) in [6.07, 6.45) is 2.49. The SMILES string of the molecule is CCOc1ccc([C@@H](N)C2CC2)cc1OC.Cl. The van der Waals surface area contributed by atoms with Crippen LogP contribution in [0.15, 0.2) is 18.2 Å². The van der Waals surface area contributed by atoms with Gasteiger partial charge in [0.15, 0.2) is 11.5 Å². The summed E-state index contributed by atoms with van der Waals surface area (Å²) in [5, 5.41) is 0. The van der Waals surface area contributed by atoms with E-state index >= 15 is 0 Å². The van der Waals surface area contributed by atoms with Crippen LogP contribution in [-0.4, -0.2) is 13.7 Å². The van der Waals surface area contributed by atoms with Gasteiger partial charge in [-0.1, -0.05) is 6.07 Å². The topological polar surface area (TPSA) is 44.5 Å². The van der Waals surface area contributed by atoms with Crippen LogP contribution in [-0.2, 0) is 0 Å². The molecule has 0 amide bonds. The molecule has 2 N–H and O–H groups in total.